The van der Waals surface area contributed by atoms with Crippen LogP contribution >= 0.6 is 0 Å². The molecule has 2 aliphatic rings. The molecular weight excluding hydrogens is 310 g/mol. The van der Waals surface area contributed by atoms with Crippen molar-refractivity contribution in [3.8, 4) is 17.2 Å². The molecule has 0 unspecified atom stereocenters. The third-order valence-corrected chi connectivity index (χ3v) is 3.74. The molecule has 0 radical (unpaired) electrons. The first-order valence-electron chi connectivity index (χ1n) is 7.38. The Labute approximate surface area is 137 Å². The summed E-state index contributed by atoms with van der Waals surface area (Å²) in [6.07, 6.45) is 3.15. The van der Waals surface area contributed by atoms with Gasteiger partial charge in [0.15, 0.2) is 23.9 Å². The summed E-state index contributed by atoms with van der Waals surface area (Å²) in [6.45, 7) is 0.167. The Bertz CT molecular complexity index is 872. The molecule has 0 fully saturated rings. The number of hydrogen-bond donors (Lipinski definition) is 1. The molecule has 6 nitrogen and oxygen atoms in total. The van der Waals surface area contributed by atoms with Gasteiger partial charge in [0, 0.05) is 11.1 Å². The summed E-state index contributed by atoms with van der Waals surface area (Å²) in [4.78, 5) is 23.7. The number of para-hydroxylation sites is 1. The van der Waals surface area contributed by atoms with Gasteiger partial charge >= 0.3 is 0 Å². The first kappa shape index (κ1) is 14.3. The molecule has 6 heteroatoms. The van der Waals surface area contributed by atoms with Crippen LogP contribution in [-0.2, 0) is 4.79 Å². The van der Waals surface area contributed by atoms with Crippen molar-refractivity contribution in [3.05, 3.63) is 53.6 Å². The Morgan fingerprint density at radius 1 is 1.08 bits per heavy atom. The van der Waals surface area contributed by atoms with Gasteiger partial charge in [-0.2, -0.15) is 0 Å². The van der Waals surface area contributed by atoms with Crippen molar-refractivity contribution in [3.63, 3.8) is 0 Å². The molecule has 120 valence electrons. The Balaban J connectivity index is 1.58. The number of carbonyl (C=O) groups is 2. The van der Waals surface area contributed by atoms with Crippen LogP contribution in [0.4, 0.5) is 5.69 Å². The molecule has 0 aliphatic carbocycles. The molecule has 1 amide bonds. The minimum Gasteiger partial charge on any atom is -0.482 e. The molecule has 0 spiro atoms. The second-order valence-electron chi connectivity index (χ2n) is 5.33. The number of fused-ring (bicyclic) bond motifs is 2. The van der Waals surface area contributed by atoms with Crippen LogP contribution in [0.5, 0.6) is 17.2 Å². The lowest BCUT2D eigenvalue weighted by atomic mass is 10.1. The quantitative estimate of drug-likeness (QED) is 0.694. The SMILES string of the molecule is O=C1COc2ccc(C(=O)C=Cc3cccc4c3OCO4)cc2N1. The molecule has 2 aliphatic heterocycles. The standard InChI is InChI=1S/C18H13NO5/c20-14(6-4-11-2-1-3-16-18(11)24-10-23-16)12-5-7-15-13(8-12)19-17(21)9-22-15/h1-8H,9-10H2,(H,19,21). The van der Waals surface area contributed by atoms with Crippen LogP contribution in [0.15, 0.2) is 42.5 Å². The van der Waals surface area contributed by atoms with Crippen LogP contribution in [0.25, 0.3) is 6.08 Å². The number of hydrogen-bond acceptors (Lipinski definition) is 5. The Morgan fingerprint density at radius 3 is 2.92 bits per heavy atom. The van der Waals surface area contributed by atoms with E-state index in [0.717, 1.165) is 5.56 Å². The van der Waals surface area contributed by atoms with E-state index in [0.29, 0.717) is 28.5 Å². The number of amides is 1. The maximum absolute atomic E-state index is 12.4. The second kappa shape index (κ2) is 5.73. The topological polar surface area (TPSA) is 73.9 Å². The molecule has 1 N–H and O–H groups in total. The monoisotopic (exact) mass is 323 g/mol. The Morgan fingerprint density at radius 2 is 2.00 bits per heavy atom. The lowest BCUT2D eigenvalue weighted by Crippen LogP contribution is -2.25. The predicted molar refractivity (Wildman–Crippen MR) is 86.5 cm³/mol. The molecule has 24 heavy (non-hydrogen) atoms. The lowest BCUT2D eigenvalue weighted by Gasteiger charge is -2.17. The van der Waals surface area contributed by atoms with Gasteiger partial charge in [-0.3, -0.25) is 9.59 Å². The van der Waals surface area contributed by atoms with Crippen molar-refractivity contribution >= 4 is 23.5 Å². The zero-order valence-electron chi connectivity index (χ0n) is 12.6. The average Bonchev–Trinajstić information content (AvgIpc) is 3.08. The normalized spacial score (nSPS) is 14.9. The summed E-state index contributed by atoms with van der Waals surface area (Å²) in [6, 6.07) is 10.4. The highest BCUT2D eigenvalue weighted by Crippen LogP contribution is 2.36. The third-order valence-electron chi connectivity index (χ3n) is 3.74. The number of ether oxygens (including phenoxy) is 3. The smallest absolute Gasteiger partial charge is 0.262 e. The van der Waals surface area contributed by atoms with Crippen molar-refractivity contribution in [1.82, 2.24) is 0 Å². The Hall–Kier alpha value is -3.28. The van der Waals surface area contributed by atoms with Gasteiger partial charge in [-0.25, -0.2) is 0 Å². The van der Waals surface area contributed by atoms with Gasteiger partial charge in [0.2, 0.25) is 6.79 Å². The summed E-state index contributed by atoms with van der Waals surface area (Å²) in [5.74, 6) is 1.43. The van der Waals surface area contributed by atoms with E-state index >= 15 is 0 Å². The number of benzene rings is 2. The maximum Gasteiger partial charge on any atom is 0.262 e. The van der Waals surface area contributed by atoms with E-state index in [1.165, 1.54) is 6.08 Å². The zero-order chi connectivity index (χ0) is 16.5. The first-order valence-corrected chi connectivity index (χ1v) is 7.38. The highest BCUT2D eigenvalue weighted by Gasteiger charge is 2.18. The van der Waals surface area contributed by atoms with Gasteiger partial charge in [0.25, 0.3) is 5.91 Å². The summed E-state index contributed by atoms with van der Waals surface area (Å²) < 4.78 is 16.0. The van der Waals surface area contributed by atoms with E-state index in [9.17, 15) is 9.59 Å². The van der Waals surface area contributed by atoms with E-state index in [1.807, 2.05) is 18.2 Å². The highest BCUT2D eigenvalue weighted by molar-refractivity contribution is 6.08. The van der Waals surface area contributed by atoms with Gasteiger partial charge in [-0.15, -0.1) is 0 Å². The van der Waals surface area contributed by atoms with Crippen LogP contribution in [0, 0.1) is 0 Å². The molecule has 0 aromatic heterocycles. The number of anilines is 1. The van der Waals surface area contributed by atoms with Gasteiger partial charge in [0.05, 0.1) is 5.69 Å². The summed E-state index contributed by atoms with van der Waals surface area (Å²) in [5, 5.41) is 2.69. The van der Waals surface area contributed by atoms with Crippen molar-refractivity contribution in [2.75, 3.05) is 18.7 Å². The van der Waals surface area contributed by atoms with Crippen LogP contribution in [0.1, 0.15) is 15.9 Å². The number of nitrogens with one attached hydrogen (secondary N) is 1. The molecule has 2 aromatic rings. The van der Waals surface area contributed by atoms with Gasteiger partial charge in [0.1, 0.15) is 5.75 Å². The molecule has 0 saturated heterocycles. The average molecular weight is 323 g/mol. The van der Waals surface area contributed by atoms with Crippen LogP contribution in [0.2, 0.25) is 0 Å². The number of rotatable bonds is 3. The number of carbonyl (C=O) groups excluding carboxylic acids is 2. The lowest BCUT2D eigenvalue weighted by molar-refractivity contribution is -0.118. The van der Waals surface area contributed by atoms with Crippen molar-refractivity contribution in [2.45, 2.75) is 0 Å². The van der Waals surface area contributed by atoms with Crippen LogP contribution < -0.4 is 19.5 Å². The Kier molecular flexibility index (Phi) is 3.42. The first-order chi connectivity index (χ1) is 11.7. The summed E-state index contributed by atoms with van der Waals surface area (Å²) in [7, 11) is 0. The summed E-state index contributed by atoms with van der Waals surface area (Å²) >= 11 is 0. The predicted octanol–water partition coefficient (Wildman–Crippen LogP) is 2.64. The van der Waals surface area contributed by atoms with E-state index in [4.69, 9.17) is 14.2 Å². The fourth-order valence-corrected chi connectivity index (χ4v) is 2.58. The number of ketones is 1. The molecule has 0 atom stereocenters. The van der Waals surface area contributed by atoms with E-state index in [2.05, 4.69) is 5.32 Å². The number of allylic oxidation sites excluding steroid dienone is 1. The third kappa shape index (κ3) is 2.58. The van der Waals surface area contributed by atoms with E-state index in [-0.39, 0.29) is 25.1 Å². The largest absolute Gasteiger partial charge is 0.482 e. The minimum atomic E-state index is -0.236. The van der Waals surface area contributed by atoms with Gasteiger partial charge in [-0.05, 0) is 36.4 Å². The minimum absolute atomic E-state index is 0.0125. The second-order valence-corrected chi connectivity index (χ2v) is 5.33. The fourth-order valence-electron chi connectivity index (χ4n) is 2.58. The molecule has 2 aromatic carbocycles. The van der Waals surface area contributed by atoms with Gasteiger partial charge in [-0.1, -0.05) is 12.1 Å². The molecule has 0 saturated carbocycles. The van der Waals surface area contributed by atoms with Crippen molar-refractivity contribution in [1.29, 1.82) is 0 Å². The van der Waals surface area contributed by atoms with Gasteiger partial charge < -0.3 is 19.5 Å². The highest BCUT2D eigenvalue weighted by atomic mass is 16.7. The van der Waals surface area contributed by atoms with E-state index < -0.39 is 0 Å². The van der Waals surface area contributed by atoms with E-state index in [1.54, 1.807) is 24.3 Å². The van der Waals surface area contributed by atoms with Crippen molar-refractivity contribution in [2.24, 2.45) is 0 Å². The molecular formula is C18H13NO5. The van der Waals surface area contributed by atoms with Crippen LogP contribution in [0.3, 0.4) is 0 Å². The molecule has 4 rings (SSSR count). The molecule has 2 heterocycles. The fraction of sp³-hybridized carbons (Fsp3) is 0.111. The summed E-state index contributed by atoms with van der Waals surface area (Å²) in [5.41, 5.74) is 1.73. The van der Waals surface area contributed by atoms with Crippen molar-refractivity contribution < 1.29 is 23.8 Å². The van der Waals surface area contributed by atoms with Crippen LogP contribution in [-0.4, -0.2) is 25.1 Å². The maximum atomic E-state index is 12.4. The zero-order valence-corrected chi connectivity index (χ0v) is 12.6. The molecule has 0 bridgehead atoms.